The van der Waals surface area contributed by atoms with E-state index in [1.807, 2.05) is 24.3 Å². The highest BCUT2D eigenvalue weighted by molar-refractivity contribution is 6.33. The first-order chi connectivity index (χ1) is 19.2. The smallest absolute Gasteiger partial charge is 0.0640 e. The van der Waals surface area contributed by atoms with Crippen LogP contribution < -0.4 is 5.32 Å². The fourth-order valence-electron chi connectivity index (χ4n) is 6.45. The molecule has 39 heavy (non-hydrogen) atoms. The number of fused-ring (bicyclic) bond motifs is 5. The molecular formula is C36H25ClN2. The molecule has 7 aromatic rings. The Morgan fingerprint density at radius 3 is 2.38 bits per heavy atom. The summed E-state index contributed by atoms with van der Waals surface area (Å²) in [5.41, 5.74) is 12.3. The fraction of sp³-hybridized carbons (Fsp3) is 0.0556. The summed E-state index contributed by atoms with van der Waals surface area (Å²) in [6, 6.07) is 41.4. The van der Waals surface area contributed by atoms with Gasteiger partial charge in [0, 0.05) is 34.0 Å². The largest absolute Gasteiger partial charge is 0.354 e. The predicted octanol–water partition coefficient (Wildman–Crippen LogP) is 10.2. The third-order valence-corrected chi connectivity index (χ3v) is 8.52. The van der Waals surface area contributed by atoms with E-state index in [2.05, 4.69) is 108 Å². The molecule has 0 unspecified atom stereocenters. The van der Waals surface area contributed by atoms with Crippen LogP contribution in [0.15, 0.2) is 115 Å². The minimum Gasteiger partial charge on any atom is -0.354 e. The molecule has 0 saturated heterocycles. The van der Waals surface area contributed by atoms with E-state index in [1.165, 1.54) is 66.1 Å². The van der Waals surface area contributed by atoms with E-state index in [0.717, 1.165) is 17.8 Å². The first-order valence-corrected chi connectivity index (χ1v) is 13.7. The second-order valence-corrected chi connectivity index (χ2v) is 10.9. The Bertz CT molecular complexity index is 2100. The average Bonchev–Trinajstić information content (AvgIpc) is 3.20. The van der Waals surface area contributed by atoms with Gasteiger partial charge in [0.25, 0.3) is 0 Å². The number of halogens is 1. The van der Waals surface area contributed by atoms with Crippen molar-refractivity contribution in [2.75, 3.05) is 5.32 Å². The van der Waals surface area contributed by atoms with Crippen molar-refractivity contribution in [2.24, 2.45) is 0 Å². The van der Waals surface area contributed by atoms with Crippen LogP contribution in [0.1, 0.15) is 16.7 Å². The maximum atomic E-state index is 6.41. The summed E-state index contributed by atoms with van der Waals surface area (Å²) in [5, 5.41) is 9.45. The monoisotopic (exact) mass is 520 g/mol. The Morgan fingerprint density at radius 2 is 1.49 bits per heavy atom. The minimum absolute atomic E-state index is 0.715. The molecule has 1 aliphatic rings. The van der Waals surface area contributed by atoms with Crippen molar-refractivity contribution >= 4 is 55.6 Å². The summed E-state index contributed by atoms with van der Waals surface area (Å²) >= 11 is 6.41. The van der Waals surface area contributed by atoms with Crippen LogP contribution in [0.25, 0.3) is 49.4 Å². The highest BCUT2D eigenvalue weighted by atomic mass is 35.5. The topological polar surface area (TPSA) is 17.0 Å². The lowest BCUT2D eigenvalue weighted by Gasteiger charge is -2.17. The van der Waals surface area contributed by atoms with Crippen molar-refractivity contribution in [3.05, 3.63) is 137 Å². The normalized spacial score (nSPS) is 12.3. The number of rotatable bonds is 3. The molecule has 2 nitrogen and oxygen atoms in total. The zero-order valence-electron chi connectivity index (χ0n) is 21.5. The van der Waals surface area contributed by atoms with E-state index in [4.69, 9.17) is 11.6 Å². The Balaban J connectivity index is 1.39. The van der Waals surface area contributed by atoms with Crippen LogP contribution in [-0.2, 0) is 6.42 Å². The van der Waals surface area contributed by atoms with Crippen molar-refractivity contribution in [1.82, 2.24) is 4.57 Å². The van der Waals surface area contributed by atoms with Gasteiger partial charge in [-0.2, -0.15) is 0 Å². The van der Waals surface area contributed by atoms with Crippen LogP contribution in [0.4, 0.5) is 11.4 Å². The van der Waals surface area contributed by atoms with Gasteiger partial charge < -0.3 is 9.88 Å². The maximum Gasteiger partial charge on any atom is 0.0640 e. The quantitative estimate of drug-likeness (QED) is 0.245. The third-order valence-electron chi connectivity index (χ3n) is 8.19. The van der Waals surface area contributed by atoms with Crippen molar-refractivity contribution < 1.29 is 0 Å². The number of hydrogen-bond acceptors (Lipinski definition) is 1. The number of hydrogen-bond donors (Lipinski definition) is 1. The molecule has 0 bridgehead atoms. The van der Waals surface area contributed by atoms with Crippen LogP contribution in [0, 0.1) is 6.92 Å². The second-order valence-electron chi connectivity index (χ2n) is 10.4. The van der Waals surface area contributed by atoms with Gasteiger partial charge >= 0.3 is 0 Å². The van der Waals surface area contributed by atoms with Gasteiger partial charge in [0.05, 0.1) is 21.7 Å². The summed E-state index contributed by atoms with van der Waals surface area (Å²) < 4.78 is 2.49. The van der Waals surface area contributed by atoms with Crippen LogP contribution in [0.2, 0.25) is 5.02 Å². The summed E-state index contributed by atoms with van der Waals surface area (Å²) in [5.74, 6) is 0. The van der Waals surface area contributed by atoms with Gasteiger partial charge in [-0.25, -0.2) is 0 Å². The zero-order valence-corrected chi connectivity index (χ0v) is 22.3. The summed E-state index contributed by atoms with van der Waals surface area (Å²) in [4.78, 5) is 0. The van der Waals surface area contributed by atoms with Crippen molar-refractivity contribution in [3.63, 3.8) is 0 Å². The van der Waals surface area contributed by atoms with Gasteiger partial charge in [0.15, 0.2) is 0 Å². The first-order valence-electron chi connectivity index (χ1n) is 13.4. The Hall–Kier alpha value is -4.53. The van der Waals surface area contributed by atoms with Crippen molar-refractivity contribution in [3.8, 4) is 16.8 Å². The molecule has 0 aliphatic carbocycles. The molecule has 0 saturated carbocycles. The second kappa shape index (κ2) is 8.49. The van der Waals surface area contributed by atoms with E-state index in [1.54, 1.807) is 0 Å². The van der Waals surface area contributed by atoms with E-state index in [0.29, 0.717) is 5.02 Å². The summed E-state index contributed by atoms with van der Waals surface area (Å²) in [6.45, 7) is 2.20. The van der Waals surface area contributed by atoms with Crippen LogP contribution in [0.3, 0.4) is 0 Å². The number of anilines is 2. The number of benzene rings is 6. The van der Waals surface area contributed by atoms with Gasteiger partial charge in [-0.1, -0.05) is 90.5 Å². The van der Waals surface area contributed by atoms with Crippen LogP contribution in [-0.4, -0.2) is 4.57 Å². The van der Waals surface area contributed by atoms with Crippen molar-refractivity contribution in [1.29, 1.82) is 0 Å². The molecule has 8 rings (SSSR count). The predicted molar refractivity (Wildman–Crippen MR) is 166 cm³/mol. The molecular weight excluding hydrogens is 496 g/mol. The highest BCUT2D eigenvalue weighted by Crippen LogP contribution is 2.44. The standard InChI is InChI=1S/C36H25ClN2/c1-22-20-25(38-32-11-5-4-10-31(32)37)16-19-26(22)27-17-14-23-15-18-29-28-9-3-7-13-34(28)39-33-12-6-2-8-24(33)21-30(27)35(23)36(29)39/h2-20,38H,21H2,1H3. The van der Waals surface area contributed by atoms with Gasteiger partial charge in [-0.05, 0) is 76.5 Å². The molecule has 186 valence electrons. The van der Waals surface area contributed by atoms with E-state index in [9.17, 15) is 0 Å². The number of nitrogens with zero attached hydrogens (tertiary/aromatic N) is 1. The molecule has 2 heterocycles. The van der Waals surface area contributed by atoms with Gasteiger partial charge in [0.1, 0.15) is 0 Å². The number of aryl methyl sites for hydroxylation is 1. The third kappa shape index (κ3) is 3.35. The average molecular weight is 521 g/mol. The van der Waals surface area contributed by atoms with E-state index in [-0.39, 0.29) is 0 Å². The lowest BCUT2D eigenvalue weighted by atomic mass is 9.88. The molecule has 0 amide bonds. The number of para-hydroxylation sites is 3. The molecule has 0 atom stereocenters. The summed E-state index contributed by atoms with van der Waals surface area (Å²) in [7, 11) is 0. The minimum atomic E-state index is 0.715. The number of nitrogens with one attached hydrogen (secondary N) is 1. The highest BCUT2D eigenvalue weighted by Gasteiger charge is 2.24. The summed E-state index contributed by atoms with van der Waals surface area (Å²) in [6.07, 6.45) is 0.886. The Morgan fingerprint density at radius 1 is 0.718 bits per heavy atom. The molecule has 1 aromatic heterocycles. The van der Waals surface area contributed by atoms with Gasteiger partial charge in [-0.15, -0.1) is 0 Å². The molecule has 0 fully saturated rings. The lowest BCUT2D eigenvalue weighted by molar-refractivity contribution is 1.12. The van der Waals surface area contributed by atoms with Gasteiger partial charge in [-0.3, -0.25) is 0 Å². The Kier molecular flexibility index (Phi) is 4.89. The molecule has 0 radical (unpaired) electrons. The maximum absolute atomic E-state index is 6.41. The molecule has 0 spiro atoms. The molecule has 3 heteroatoms. The van der Waals surface area contributed by atoms with Crippen LogP contribution >= 0.6 is 11.6 Å². The molecule has 1 aliphatic heterocycles. The molecule has 6 aromatic carbocycles. The van der Waals surface area contributed by atoms with Crippen LogP contribution in [0.5, 0.6) is 0 Å². The lowest BCUT2D eigenvalue weighted by Crippen LogP contribution is -1.98. The number of aromatic nitrogens is 1. The van der Waals surface area contributed by atoms with Crippen molar-refractivity contribution in [2.45, 2.75) is 13.3 Å². The van der Waals surface area contributed by atoms with Gasteiger partial charge in [0.2, 0.25) is 0 Å². The van der Waals surface area contributed by atoms with E-state index >= 15 is 0 Å². The first kappa shape index (κ1) is 22.5. The fourth-order valence-corrected chi connectivity index (χ4v) is 6.64. The zero-order chi connectivity index (χ0) is 26.1. The molecule has 1 N–H and O–H groups in total. The van der Waals surface area contributed by atoms with E-state index < -0.39 is 0 Å². The SMILES string of the molecule is Cc1cc(Nc2ccccc2Cl)ccc1-c1ccc2ccc3c4ccccc4n4c3c2c1Cc1ccccc1-4. The Labute approximate surface area is 232 Å².